The minimum absolute atomic E-state index is 0.0657. The number of furan rings is 1. The van der Waals surface area contributed by atoms with Crippen LogP contribution in [-0.4, -0.2) is 24.1 Å². The van der Waals surface area contributed by atoms with E-state index in [1.54, 1.807) is 13.0 Å². The predicted octanol–water partition coefficient (Wildman–Crippen LogP) is 2.91. The number of carbonyl (C=O) groups is 3. The summed E-state index contributed by atoms with van der Waals surface area (Å²) in [6.45, 7) is 1.65. The molecule has 0 aliphatic rings. The van der Waals surface area contributed by atoms with E-state index >= 15 is 0 Å². The minimum Gasteiger partial charge on any atom is -0.461 e. The molecule has 1 aromatic carbocycles. The summed E-state index contributed by atoms with van der Waals surface area (Å²) in [5, 5.41) is 0. The number of hydrogen-bond acceptors (Lipinski definition) is 5. The van der Waals surface area contributed by atoms with Gasteiger partial charge in [0.15, 0.2) is 5.76 Å². The van der Waals surface area contributed by atoms with Gasteiger partial charge in [-0.3, -0.25) is 9.59 Å². The Hall–Kier alpha value is -2.76. The molecule has 1 atom stereocenters. The van der Waals surface area contributed by atoms with Crippen LogP contribution >= 0.6 is 0 Å². The van der Waals surface area contributed by atoms with Gasteiger partial charge in [0, 0.05) is 6.42 Å². The Morgan fingerprint density at radius 2 is 1.87 bits per heavy atom. The Balaban J connectivity index is 2.28. The summed E-state index contributed by atoms with van der Waals surface area (Å²) < 4.78 is 22.8. The first-order chi connectivity index (χ1) is 11.0. The Morgan fingerprint density at radius 3 is 2.43 bits per heavy atom. The molecule has 6 heteroatoms. The second-order valence-corrected chi connectivity index (χ2v) is 4.79. The standard InChI is InChI=1S/C17H15FO5/c1-2-22-17(21)14(19)10-13(11-5-7-12(18)8-6-11)16(20)15-4-3-9-23-15/h3-9,13H,2,10H2,1H3/t13-/m1/s1. The smallest absolute Gasteiger partial charge is 0.374 e. The van der Waals surface area contributed by atoms with Gasteiger partial charge in [-0.1, -0.05) is 12.1 Å². The lowest BCUT2D eigenvalue weighted by Gasteiger charge is -2.14. The van der Waals surface area contributed by atoms with Crippen molar-refractivity contribution in [1.29, 1.82) is 0 Å². The molecule has 120 valence electrons. The van der Waals surface area contributed by atoms with Crippen LogP contribution in [0, 0.1) is 5.82 Å². The molecule has 1 heterocycles. The van der Waals surface area contributed by atoms with Crippen molar-refractivity contribution >= 4 is 17.5 Å². The Morgan fingerprint density at radius 1 is 1.17 bits per heavy atom. The first-order valence-electron chi connectivity index (χ1n) is 7.06. The molecule has 0 radical (unpaired) electrons. The van der Waals surface area contributed by atoms with E-state index in [4.69, 9.17) is 4.42 Å². The van der Waals surface area contributed by atoms with E-state index < -0.39 is 29.3 Å². The number of ketones is 2. The lowest BCUT2D eigenvalue weighted by molar-refractivity contribution is -0.153. The number of rotatable bonds is 7. The fourth-order valence-electron chi connectivity index (χ4n) is 2.13. The number of benzene rings is 1. The average Bonchev–Trinajstić information content (AvgIpc) is 3.07. The van der Waals surface area contributed by atoms with Gasteiger partial charge in [-0.05, 0) is 36.8 Å². The van der Waals surface area contributed by atoms with E-state index in [2.05, 4.69) is 4.74 Å². The summed E-state index contributed by atoms with van der Waals surface area (Å²) in [4.78, 5) is 35.9. The van der Waals surface area contributed by atoms with Crippen molar-refractivity contribution in [3.05, 3.63) is 59.8 Å². The Labute approximate surface area is 132 Å². The van der Waals surface area contributed by atoms with Crippen LogP contribution < -0.4 is 0 Å². The molecule has 0 N–H and O–H groups in total. The van der Waals surface area contributed by atoms with Crippen LogP contribution in [0.4, 0.5) is 4.39 Å². The van der Waals surface area contributed by atoms with E-state index in [9.17, 15) is 18.8 Å². The van der Waals surface area contributed by atoms with Crippen LogP contribution in [0.15, 0.2) is 47.1 Å². The van der Waals surface area contributed by atoms with Crippen LogP contribution in [-0.2, 0) is 14.3 Å². The van der Waals surface area contributed by atoms with Gasteiger partial charge in [0.2, 0.25) is 11.6 Å². The number of halogens is 1. The molecule has 0 saturated heterocycles. The summed E-state index contributed by atoms with van der Waals surface area (Å²) in [6.07, 6.45) is 0.964. The quantitative estimate of drug-likeness (QED) is 0.446. The topological polar surface area (TPSA) is 73.6 Å². The molecule has 1 aromatic heterocycles. The van der Waals surface area contributed by atoms with Crippen LogP contribution in [0.5, 0.6) is 0 Å². The van der Waals surface area contributed by atoms with Gasteiger partial charge in [0.25, 0.3) is 0 Å². The average molecular weight is 318 g/mol. The molecular formula is C17H15FO5. The molecule has 2 rings (SSSR count). The first kappa shape index (κ1) is 16.6. The molecule has 2 aromatic rings. The van der Waals surface area contributed by atoms with Crippen molar-refractivity contribution in [3.8, 4) is 0 Å². The zero-order valence-electron chi connectivity index (χ0n) is 12.5. The number of ether oxygens (including phenoxy) is 1. The lowest BCUT2D eigenvalue weighted by atomic mass is 9.88. The third kappa shape index (κ3) is 4.12. The monoisotopic (exact) mass is 318 g/mol. The molecule has 0 unspecified atom stereocenters. The number of hydrogen-bond donors (Lipinski definition) is 0. The molecule has 0 aliphatic heterocycles. The van der Waals surface area contributed by atoms with Gasteiger partial charge in [0.1, 0.15) is 5.82 Å². The zero-order valence-corrected chi connectivity index (χ0v) is 12.5. The summed E-state index contributed by atoms with van der Waals surface area (Å²) in [5.74, 6) is -3.61. The number of esters is 1. The highest BCUT2D eigenvalue weighted by molar-refractivity contribution is 6.34. The van der Waals surface area contributed by atoms with E-state index in [1.165, 1.54) is 36.6 Å². The second kappa shape index (κ2) is 7.49. The molecule has 5 nitrogen and oxygen atoms in total. The predicted molar refractivity (Wildman–Crippen MR) is 78.4 cm³/mol. The molecule has 23 heavy (non-hydrogen) atoms. The maximum absolute atomic E-state index is 13.1. The Bertz CT molecular complexity index is 688. The maximum Gasteiger partial charge on any atom is 0.374 e. The lowest BCUT2D eigenvalue weighted by Crippen LogP contribution is -2.23. The van der Waals surface area contributed by atoms with E-state index in [0.29, 0.717) is 5.56 Å². The zero-order chi connectivity index (χ0) is 16.8. The summed E-state index contributed by atoms with van der Waals surface area (Å²) in [5.41, 5.74) is 0.422. The fourth-order valence-corrected chi connectivity index (χ4v) is 2.13. The number of carbonyl (C=O) groups excluding carboxylic acids is 3. The van der Waals surface area contributed by atoms with Gasteiger partial charge < -0.3 is 9.15 Å². The van der Waals surface area contributed by atoms with E-state index in [-0.39, 0.29) is 18.8 Å². The third-order valence-corrected chi connectivity index (χ3v) is 3.25. The van der Waals surface area contributed by atoms with Crippen molar-refractivity contribution in [2.24, 2.45) is 0 Å². The normalized spacial score (nSPS) is 11.7. The molecule has 0 saturated carbocycles. The molecular weight excluding hydrogens is 303 g/mol. The summed E-state index contributed by atoms with van der Waals surface area (Å²) in [6, 6.07) is 8.19. The van der Waals surface area contributed by atoms with Gasteiger partial charge in [-0.2, -0.15) is 0 Å². The van der Waals surface area contributed by atoms with Gasteiger partial charge in [0.05, 0.1) is 18.8 Å². The SMILES string of the molecule is CCOC(=O)C(=O)C[C@@H](C(=O)c1ccco1)c1ccc(F)cc1. The summed E-state index contributed by atoms with van der Waals surface area (Å²) >= 11 is 0. The first-order valence-corrected chi connectivity index (χ1v) is 7.06. The highest BCUT2D eigenvalue weighted by Crippen LogP contribution is 2.25. The van der Waals surface area contributed by atoms with Crippen molar-refractivity contribution in [2.75, 3.05) is 6.61 Å². The molecule has 0 fully saturated rings. The van der Waals surface area contributed by atoms with Gasteiger partial charge >= 0.3 is 5.97 Å². The van der Waals surface area contributed by atoms with Crippen LogP contribution in [0.25, 0.3) is 0 Å². The third-order valence-electron chi connectivity index (χ3n) is 3.25. The van der Waals surface area contributed by atoms with Crippen molar-refractivity contribution < 1.29 is 27.9 Å². The minimum atomic E-state index is -0.994. The molecule has 0 amide bonds. The van der Waals surface area contributed by atoms with Crippen molar-refractivity contribution in [2.45, 2.75) is 19.3 Å². The highest BCUT2D eigenvalue weighted by Gasteiger charge is 2.29. The fraction of sp³-hybridized carbons (Fsp3) is 0.235. The Kier molecular flexibility index (Phi) is 5.41. The van der Waals surface area contributed by atoms with Crippen LogP contribution in [0.2, 0.25) is 0 Å². The largest absolute Gasteiger partial charge is 0.461 e. The number of Topliss-reactive ketones (excluding diaryl/α,β-unsaturated/α-hetero) is 2. The summed E-state index contributed by atoms with van der Waals surface area (Å²) in [7, 11) is 0. The molecule has 0 bridgehead atoms. The van der Waals surface area contributed by atoms with Gasteiger partial charge in [-0.25, -0.2) is 9.18 Å². The van der Waals surface area contributed by atoms with Crippen molar-refractivity contribution in [1.82, 2.24) is 0 Å². The second-order valence-electron chi connectivity index (χ2n) is 4.79. The van der Waals surface area contributed by atoms with Crippen LogP contribution in [0.1, 0.15) is 35.4 Å². The highest BCUT2D eigenvalue weighted by atomic mass is 19.1. The van der Waals surface area contributed by atoms with Crippen molar-refractivity contribution in [3.63, 3.8) is 0 Å². The molecule has 0 spiro atoms. The van der Waals surface area contributed by atoms with Gasteiger partial charge in [-0.15, -0.1) is 0 Å². The van der Waals surface area contributed by atoms with E-state index in [0.717, 1.165) is 0 Å². The van der Waals surface area contributed by atoms with E-state index in [1.807, 2.05) is 0 Å². The van der Waals surface area contributed by atoms with Crippen LogP contribution in [0.3, 0.4) is 0 Å². The molecule has 0 aliphatic carbocycles. The maximum atomic E-state index is 13.1.